The van der Waals surface area contributed by atoms with Gasteiger partial charge in [-0.1, -0.05) is 37.5 Å². The smallest absolute Gasteiger partial charge is 0.391 e. The lowest BCUT2D eigenvalue weighted by Crippen LogP contribution is -2.49. The van der Waals surface area contributed by atoms with Crippen LogP contribution in [0.5, 0.6) is 0 Å². The van der Waals surface area contributed by atoms with Crippen molar-refractivity contribution in [2.45, 2.75) is 70.1 Å². The van der Waals surface area contributed by atoms with E-state index in [1.807, 2.05) is 33.9 Å². The quantitative estimate of drug-likeness (QED) is 0.213. The van der Waals surface area contributed by atoms with Gasteiger partial charge in [-0.25, -0.2) is 0 Å². The highest BCUT2D eigenvalue weighted by atomic mass is 35.5. The molecule has 1 aliphatic rings. The fourth-order valence-electron chi connectivity index (χ4n) is 3.14. The summed E-state index contributed by atoms with van der Waals surface area (Å²) < 4.78 is 46.4. The van der Waals surface area contributed by atoms with Gasteiger partial charge in [0.2, 0.25) is 5.91 Å². The lowest BCUT2D eigenvalue weighted by molar-refractivity contribution is -0.141. The van der Waals surface area contributed by atoms with Gasteiger partial charge in [0.15, 0.2) is 14.2 Å². The first-order chi connectivity index (χ1) is 13.6. The van der Waals surface area contributed by atoms with E-state index in [-0.39, 0.29) is 33.6 Å². The van der Waals surface area contributed by atoms with E-state index in [9.17, 15) is 18.0 Å². The maximum absolute atomic E-state index is 13.4. The second-order valence-electron chi connectivity index (χ2n) is 8.92. The van der Waals surface area contributed by atoms with Crippen molar-refractivity contribution in [2.24, 2.45) is 10.9 Å². The molecule has 0 radical (unpaired) electrons. The first kappa shape index (κ1) is 24.5. The normalized spacial score (nSPS) is 21.4. The highest BCUT2D eigenvalue weighted by molar-refractivity contribution is 6.74. The summed E-state index contributed by atoms with van der Waals surface area (Å²) in [6.45, 7) is 9.83. The van der Waals surface area contributed by atoms with Crippen LogP contribution >= 0.6 is 11.6 Å². The third-order valence-electron chi connectivity index (χ3n) is 5.71. The zero-order chi connectivity index (χ0) is 23.1. The van der Waals surface area contributed by atoms with Crippen molar-refractivity contribution in [3.05, 3.63) is 28.8 Å². The molecule has 0 spiro atoms. The van der Waals surface area contributed by atoms with Gasteiger partial charge in [0.25, 0.3) is 0 Å². The maximum atomic E-state index is 13.4. The topological polar surface area (TPSA) is 88.2 Å². The van der Waals surface area contributed by atoms with Gasteiger partial charge in [0, 0.05) is 11.3 Å². The van der Waals surface area contributed by atoms with Crippen LogP contribution in [0.3, 0.4) is 0 Å². The summed E-state index contributed by atoms with van der Waals surface area (Å²) in [5.74, 6) is -0.717. The van der Waals surface area contributed by atoms with E-state index in [1.165, 1.54) is 18.2 Å². The van der Waals surface area contributed by atoms with E-state index in [0.29, 0.717) is 0 Å². The minimum absolute atomic E-state index is 0.0510. The van der Waals surface area contributed by atoms with Crippen LogP contribution < -0.4 is 10.6 Å². The number of alkyl halides is 3. The molecule has 0 unspecified atom stereocenters. The lowest BCUT2D eigenvalue weighted by Gasteiger charge is -2.40. The van der Waals surface area contributed by atoms with E-state index in [0.717, 1.165) is 4.90 Å². The van der Waals surface area contributed by atoms with Crippen molar-refractivity contribution in [1.82, 2.24) is 0 Å². The zero-order valence-electron chi connectivity index (χ0n) is 17.5. The Kier molecular flexibility index (Phi) is 6.85. The van der Waals surface area contributed by atoms with Crippen LogP contribution in [0.25, 0.3) is 0 Å². The molecule has 1 aromatic carbocycles. The van der Waals surface area contributed by atoms with Gasteiger partial charge < -0.3 is 20.3 Å². The number of rotatable bonds is 5. The molecule has 30 heavy (non-hydrogen) atoms. The Balaban J connectivity index is 2.45. The molecule has 1 saturated heterocycles. The first-order valence-corrected chi connectivity index (χ1v) is 12.7. The number of nitrogens with two attached hydrogens (primary N) is 1. The molecule has 2 rings (SSSR count). The Labute approximate surface area is 179 Å². The molecule has 11 heteroatoms. The fraction of sp³-hybridized carbons (Fsp3) is 0.579. The van der Waals surface area contributed by atoms with Crippen molar-refractivity contribution >= 4 is 37.3 Å². The molecule has 6 nitrogen and oxygen atoms in total. The Morgan fingerprint density at radius 1 is 1.37 bits per heavy atom. The number of hydrogen-bond donors (Lipinski definition) is 2. The van der Waals surface area contributed by atoms with Crippen LogP contribution in [0.4, 0.5) is 18.9 Å². The number of carbonyl (C=O) groups excluding carboxylic acids is 1. The molecule has 0 aromatic heterocycles. The van der Waals surface area contributed by atoms with Crippen molar-refractivity contribution in [3.63, 3.8) is 0 Å². The van der Waals surface area contributed by atoms with Crippen LogP contribution in [0.1, 0.15) is 39.2 Å². The summed E-state index contributed by atoms with van der Waals surface area (Å²) in [5.41, 5.74) is 5.95. The Morgan fingerprint density at radius 2 is 1.97 bits per heavy atom. The van der Waals surface area contributed by atoms with Gasteiger partial charge in [-0.3, -0.25) is 4.79 Å². The number of carbonyl (C=O) groups is 1. The summed E-state index contributed by atoms with van der Waals surface area (Å²) >= 11 is 6.16. The van der Waals surface area contributed by atoms with Crippen LogP contribution in [-0.4, -0.2) is 43.6 Å². The predicted octanol–water partition coefficient (Wildman–Crippen LogP) is 4.88. The molecule has 1 aliphatic heterocycles. The van der Waals surface area contributed by atoms with E-state index in [1.54, 1.807) is 0 Å². The van der Waals surface area contributed by atoms with E-state index in [2.05, 4.69) is 5.16 Å². The van der Waals surface area contributed by atoms with Crippen molar-refractivity contribution in [3.8, 4) is 0 Å². The number of amidine groups is 1. The Bertz CT molecular complexity index is 841. The zero-order valence-corrected chi connectivity index (χ0v) is 19.3. The lowest BCUT2D eigenvalue weighted by atomic mass is 10.1. The molecule has 1 fully saturated rings. The van der Waals surface area contributed by atoms with Crippen LogP contribution in [0, 0.1) is 0 Å². The molecule has 0 bridgehead atoms. The monoisotopic (exact) mass is 465 g/mol. The molecule has 1 heterocycles. The Hall–Kier alpha value is -1.78. The molecule has 1 amide bonds. The molecule has 0 aliphatic carbocycles. The number of amides is 1. The van der Waals surface area contributed by atoms with E-state index < -0.39 is 39.0 Å². The van der Waals surface area contributed by atoms with Gasteiger partial charge in [0.05, 0.1) is 30.0 Å². The number of halogens is 4. The highest BCUT2D eigenvalue weighted by Gasteiger charge is 2.50. The van der Waals surface area contributed by atoms with Crippen LogP contribution in [0.15, 0.2) is 23.4 Å². The van der Waals surface area contributed by atoms with Crippen molar-refractivity contribution in [1.29, 1.82) is 0 Å². The van der Waals surface area contributed by atoms with Gasteiger partial charge in [-0.15, -0.1) is 0 Å². The van der Waals surface area contributed by atoms with Crippen molar-refractivity contribution in [2.75, 3.05) is 4.90 Å². The largest absolute Gasteiger partial charge is 0.411 e. The average Bonchev–Trinajstić information content (AvgIpc) is 2.85. The molecular weight excluding hydrogens is 439 g/mol. The molecule has 1 aromatic rings. The molecule has 168 valence electrons. The predicted molar refractivity (Wildman–Crippen MR) is 113 cm³/mol. The number of benzene rings is 1. The third kappa shape index (κ3) is 5.28. The second-order valence-corrected chi connectivity index (χ2v) is 14.1. The number of oxime groups is 1. The first-order valence-electron chi connectivity index (χ1n) is 9.41. The summed E-state index contributed by atoms with van der Waals surface area (Å²) in [6, 6.07) is 2.95. The summed E-state index contributed by atoms with van der Waals surface area (Å²) in [4.78, 5) is 13.9. The number of anilines is 1. The SMILES string of the molecule is CC(C)(C)[Si](C)(C)O[C@H]1CC(=O)N(c2ccc(C(N)=NO)c(Cl)c2)[C@H]1CC(F)(F)F. The third-order valence-corrected chi connectivity index (χ3v) is 10.5. The molecule has 2 atom stereocenters. The van der Waals surface area contributed by atoms with Crippen LogP contribution in [0.2, 0.25) is 23.2 Å². The second kappa shape index (κ2) is 8.39. The number of hydrogen-bond acceptors (Lipinski definition) is 4. The van der Waals surface area contributed by atoms with E-state index >= 15 is 0 Å². The molecule has 0 saturated carbocycles. The minimum atomic E-state index is -4.49. The molecule has 3 N–H and O–H groups in total. The molecular formula is C19H27ClF3N3O3Si. The standard InChI is InChI=1S/C19H27ClF3N3O3Si/c1-18(2,3)30(4,5)29-15-9-16(27)26(14(15)10-19(21,22)23)11-6-7-12(13(20)8-11)17(24)25-28/h6-8,14-15,28H,9-10H2,1-5H3,(H2,24,25)/t14-,15-/m0/s1. The number of nitrogens with zero attached hydrogens (tertiary/aromatic N) is 2. The average molecular weight is 466 g/mol. The fourth-order valence-corrected chi connectivity index (χ4v) is 4.77. The minimum Gasteiger partial charge on any atom is -0.411 e. The van der Waals surface area contributed by atoms with Gasteiger partial charge >= 0.3 is 6.18 Å². The Morgan fingerprint density at radius 3 is 2.43 bits per heavy atom. The summed E-state index contributed by atoms with van der Waals surface area (Å²) in [7, 11) is -2.42. The van der Waals surface area contributed by atoms with Crippen LogP contribution in [-0.2, 0) is 9.22 Å². The van der Waals surface area contributed by atoms with Gasteiger partial charge in [0.1, 0.15) is 0 Å². The summed E-state index contributed by atoms with van der Waals surface area (Å²) in [6.07, 6.45) is -6.72. The summed E-state index contributed by atoms with van der Waals surface area (Å²) in [5, 5.41) is 11.5. The maximum Gasteiger partial charge on any atom is 0.391 e. The highest BCUT2D eigenvalue weighted by Crippen LogP contribution is 2.42. The van der Waals surface area contributed by atoms with Crippen molar-refractivity contribution < 1.29 is 27.6 Å². The van der Waals surface area contributed by atoms with Gasteiger partial charge in [-0.05, 0) is 36.3 Å². The van der Waals surface area contributed by atoms with Gasteiger partial charge in [-0.2, -0.15) is 13.2 Å². The van der Waals surface area contributed by atoms with E-state index in [4.69, 9.17) is 27.0 Å².